The molecule has 0 radical (unpaired) electrons. The molecule has 0 saturated carbocycles. The van der Waals surface area contributed by atoms with E-state index in [0.717, 1.165) is 22.2 Å². The van der Waals surface area contributed by atoms with Gasteiger partial charge in [-0.25, -0.2) is 0 Å². The minimum atomic E-state index is -0.275. The molecule has 0 atom stereocenters. The Balaban J connectivity index is 2.31. The predicted octanol–water partition coefficient (Wildman–Crippen LogP) is 2.71. The summed E-state index contributed by atoms with van der Waals surface area (Å²) in [5, 5.41) is 1.01. The largest absolute Gasteiger partial charge is 0.483 e. The van der Waals surface area contributed by atoms with Crippen LogP contribution in [0.4, 0.5) is 0 Å². The molecule has 1 aromatic carbocycles. The maximum absolute atomic E-state index is 11.2. The first-order valence-corrected chi connectivity index (χ1v) is 5.59. The molecular weight excluding hydrogens is 214 g/mol. The average molecular weight is 227 g/mol. The number of rotatable bonds is 0. The van der Waals surface area contributed by atoms with Crippen LogP contribution >= 0.6 is 0 Å². The van der Waals surface area contributed by atoms with E-state index in [0.29, 0.717) is 0 Å². The van der Waals surface area contributed by atoms with Gasteiger partial charge in [-0.1, -0.05) is 6.08 Å². The van der Waals surface area contributed by atoms with Gasteiger partial charge in [-0.05, 0) is 38.1 Å². The molecule has 0 saturated heterocycles. The summed E-state index contributed by atoms with van der Waals surface area (Å²) >= 11 is 0. The lowest BCUT2D eigenvalue weighted by molar-refractivity contribution is 0.159. The van der Waals surface area contributed by atoms with E-state index in [2.05, 4.69) is 11.1 Å². The number of ether oxygens (including phenoxy) is 1. The Labute approximate surface area is 98.7 Å². The van der Waals surface area contributed by atoms with Crippen LogP contribution in [0.25, 0.3) is 17.0 Å². The third kappa shape index (κ3) is 1.64. The van der Waals surface area contributed by atoms with E-state index in [1.54, 1.807) is 0 Å². The molecule has 1 aromatic heterocycles. The molecule has 0 fully saturated rings. The van der Waals surface area contributed by atoms with Gasteiger partial charge in [-0.3, -0.25) is 4.79 Å². The zero-order valence-electron chi connectivity index (χ0n) is 9.78. The number of benzene rings is 1. The number of H-pyrrole nitrogens is 1. The number of aromatic amines is 1. The Morgan fingerprint density at radius 3 is 2.82 bits per heavy atom. The van der Waals surface area contributed by atoms with E-state index in [1.807, 2.05) is 38.1 Å². The summed E-state index contributed by atoms with van der Waals surface area (Å²) in [7, 11) is 0. The molecular formula is C14H13NO2. The van der Waals surface area contributed by atoms with Crippen molar-refractivity contribution in [2.75, 3.05) is 0 Å². The number of aromatic nitrogens is 1. The van der Waals surface area contributed by atoms with Crippen LogP contribution in [0.2, 0.25) is 0 Å². The van der Waals surface area contributed by atoms with Gasteiger partial charge in [-0.15, -0.1) is 0 Å². The van der Waals surface area contributed by atoms with Crippen molar-refractivity contribution in [3.8, 4) is 5.75 Å². The lowest BCUT2D eigenvalue weighted by atomic mass is 9.99. The van der Waals surface area contributed by atoms with Gasteiger partial charge in [0.05, 0.1) is 0 Å². The Morgan fingerprint density at radius 2 is 2.00 bits per heavy atom. The van der Waals surface area contributed by atoms with Crippen LogP contribution in [0.3, 0.4) is 0 Å². The van der Waals surface area contributed by atoms with E-state index in [4.69, 9.17) is 4.74 Å². The van der Waals surface area contributed by atoms with E-state index in [1.165, 1.54) is 6.07 Å². The summed E-state index contributed by atoms with van der Waals surface area (Å²) in [6.45, 7) is 4.03. The molecule has 3 nitrogen and oxygen atoms in total. The molecule has 0 spiro atoms. The third-order valence-corrected chi connectivity index (χ3v) is 2.93. The zero-order valence-corrected chi connectivity index (χ0v) is 9.78. The SMILES string of the molecule is CC1(C)C=Cc2c(ccc3[nH]c(=O)ccc23)O1. The number of nitrogens with one attached hydrogen (secondary N) is 1. The van der Waals surface area contributed by atoms with Crippen molar-refractivity contribution >= 4 is 17.0 Å². The molecule has 1 aliphatic heterocycles. The van der Waals surface area contributed by atoms with Crippen LogP contribution in [-0.4, -0.2) is 10.6 Å². The van der Waals surface area contributed by atoms with E-state index in [9.17, 15) is 4.79 Å². The van der Waals surface area contributed by atoms with Crippen molar-refractivity contribution in [3.63, 3.8) is 0 Å². The van der Waals surface area contributed by atoms with Gasteiger partial charge in [0, 0.05) is 22.5 Å². The fourth-order valence-corrected chi connectivity index (χ4v) is 2.10. The maximum atomic E-state index is 11.2. The molecule has 1 aliphatic rings. The normalized spacial score (nSPS) is 16.6. The summed E-state index contributed by atoms with van der Waals surface area (Å²) in [6.07, 6.45) is 4.08. The summed E-state index contributed by atoms with van der Waals surface area (Å²) < 4.78 is 5.88. The number of pyridine rings is 1. The second-order valence-corrected chi connectivity index (χ2v) is 4.80. The van der Waals surface area contributed by atoms with Gasteiger partial charge in [0.1, 0.15) is 11.4 Å². The van der Waals surface area contributed by atoms with E-state index < -0.39 is 0 Å². The first-order chi connectivity index (χ1) is 8.05. The summed E-state index contributed by atoms with van der Waals surface area (Å²) in [6, 6.07) is 7.15. The molecule has 0 amide bonds. The quantitative estimate of drug-likeness (QED) is 0.751. The van der Waals surface area contributed by atoms with Crippen LogP contribution < -0.4 is 10.3 Å². The number of fused-ring (bicyclic) bond motifs is 3. The fraction of sp³-hybridized carbons (Fsp3) is 0.214. The van der Waals surface area contributed by atoms with Crippen LogP contribution in [0.1, 0.15) is 19.4 Å². The lowest BCUT2D eigenvalue weighted by Gasteiger charge is -2.28. The molecule has 3 heteroatoms. The average Bonchev–Trinajstić information content (AvgIpc) is 2.27. The standard InChI is InChI=1S/C14H13NO2/c1-14(2)8-7-10-9-3-6-13(16)15-11(9)4-5-12(10)17-14/h3-8H,1-2H3,(H,15,16). The maximum Gasteiger partial charge on any atom is 0.248 e. The highest BCUT2D eigenvalue weighted by molar-refractivity contribution is 5.91. The summed E-state index contributed by atoms with van der Waals surface area (Å²) in [4.78, 5) is 14.1. The van der Waals surface area contributed by atoms with Gasteiger partial charge in [0.25, 0.3) is 0 Å². The molecule has 0 unspecified atom stereocenters. The molecule has 0 bridgehead atoms. The smallest absolute Gasteiger partial charge is 0.248 e. The van der Waals surface area contributed by atoms with Crippen molar-refractivity contribution < 1.29 is 4.74 Å². The fourth-order valence-electron chi connectivity index (χ4n) is 2.10. The molecule has 0 aliphatic carbocycles. The lowest BCUT2D eigenvalue weighted by Crippen LogP contribution is -2.27. The highest BCUT2D eigenvalue weighted by Gasteiger charge is 2.22. The van der Waals surface area contributed by atoms with Gasteiger partial charge in [-0.2, -0.15) is 0 Å². The number of hydrogen-bond donors (Lipinski definition) is 1. The predicted molar refractivity (Wildman–Crippen MR) is 68.3 cm³/mol. The van der Waals surface area contributed by atoms with Crippen molar-refractivity contribution in [1.82, 2.24) is 4.98 Å². The summed E-state index contributed by atoms with van der Waals surface area (Å²) in [5.74, 6) is 0.858. The van der Waals surface area contributed by atoms with E-state index in [-0.39, 0.29) is 11.2 Å². The van der Waals surface area contributed by atoms with E-state index >= 15 is 0 Å². The minimum Gasteiger partial charge on any atom is -0.483 e. The Kier molecular flexibility index (Phi) is 1.93. The van der Waals surface area contributed by atoms with Crippen molar-refractivity contribution in [3.05, 3.63) is 46.3 Å². The first-order valence-electron chi connectivity index (χ1n) is 5.59. The monoisotopic (exact) mass is 227 g/mol. The Morgan fingerprint density at radius 1 is 1.18 bits per heavy atom. The van der Waals surface area contributed by atoms with Gasteiger partial charge < -0.3 is 9.72 Å². The van der Waals surface area contributed by atoms with Crippen molar-refractivity contribution in [1.29, 1.82) is 0 Å². The van der Waals surface area contributed by atoms with Crippen LogP contribution in [-0.2, 0) is 0 Å². The highest BCUT2D eigenvalue weighted by atomic mass is 16.5. The zero-order chi connectivity index (χ0) is 12.0. The highest BCUT2D eigenvalue weighted by Crippen LogP contribution is 2.34. The van der Waals surface area contributed by atoms with Gasteiger partial charge in [0.2, 0.25) is 5.56 Å². The Hall–Kier alpha value is -2.03. The molecule has 2 heterocycles. The third-order valence-electron chi connectivity index (χ3n) is 2.93. The van der Waals surface area contributed by atoms with Crippen LogP contribution in [0.15, 0.2) is 35.1 Å². The topological polar surface area (TPSA) is 42.1 Å². The van der Waals surface area contributed by atoms with Crippen LogP contribution in [0.5, 0.6) is 5.75 Å². The molecule has 3 rings (SSSR count). The van der Waals surface area contributed by atoms with Crippen molar-refractivity contribution in [2.24, 2.45) is 0 Å². The second kappa shape index (κ2) is 3.23. The molecule has 2 aromatic rings. The Bertz CT molecular complexity index is 680. The van der Waals surface area contributed by atoms with Gasteiger partial charge >= 0.3 is 0 Å². The molecule has 86 valence electrons. The molecule has 1 N–H and O–H groups in total. The van der Waals surface area contributed by atoms with Crippen LogP contribution in [0, 0.1) is 0 Å². The minimum absolute atomic E-state index is 0.0847. The number of hydrogen-bond acceptors (Lipinski definition) is 2. The summed E-state index contributed by atoms with van der Waals surface area (Å²) in [5.41, 5.74) is 1.50. The first kappa shape index (κ1) is 10.1. The van der Waals surface area contributed by atoms with Crippen molar-refractivity contribution in [2.45, 2.75) is 19.4 Å². The molecule has 17 heavy (non-hydrogen) atoms. The van der Waals surface area contributed by atoms with Gasteiger partial charge in [0.15, 0.2) is 0 Å². The second-order valence-electron chi connectivity index (χ2n) is 4.80.